The van der Waals surface area contributed by atoms with Gasteiger partial charge in [0.2, 0.25) is 0 Å². The summed E-state index contributed by atoms with van der Waals surface area (Å²) in [5, 5.41) is 9.41. The molecule has 0 N–H and O–H groups in total. The minimum Gasteiger partial charge on any atom is -0.192 e. The first kappa shape index (κ1) is 12.0. The van der Waals surface area contributed by atoms with Crippen molar-refractivity contribution in [3.05, 3.63) is 64.7 Å². The molecular formula is C14H10ClNS. The van der Waals surface area contributed by atoms with Crippen molar-refractivity contribution in [2.45, 2.75) is 10.6 Å². The Morgan fingerprint density at radius 3 is 2.53 bits per heavy atom. The highest BCUT2D eigenvalue weighted by atomic mass is 35.5. The van der Waals surface area contributed by atoms with Gasteiger partial charge in [-0.05, 0) is 29.8 Å². The van der Waals surface area contributed by atoms with Gasteiger partial charge in [-0.15, -0.1) is 11.8 Å². The number of nitrogens with zero attached hydrogens (tertiary/aromatic N) is 1. The summed E-state index contributed by atoms with van der Waals surface area (Å²) in [5.74, 6) is 0.814. The van der Waals surface area contributed by atoms with E-state index in [4.69, 9.17) is 16.9 Å². The lowest BCUT2D eigenvalue weighted by Gasteiger charge is -2.04. The van der Waals surface area contributed by atoms with Crippen LogP contribution in [-0.2, 0) is 5.75 Å². The van der Waals surface area contributed by atoms with Gasteiger partial charge in [0, 0.05) is 15.7 Å². The fourth-order valence-corrected chi connectivity index (χ4v) is 2.66. The first-order valence-electron chi connectivity index (χ1n) is 5.16. The normalized spacial score (nSPS) is 9.88. The molecule has 0 saturated carbocycles. The number of halogens is 1. The van der Waals surface area contributed by atoms with Gasteiger partial charge >= 0.3 is 0 Å². The van der Waals surface area contributed by atoms with Crippen molar-refractivity contribution in [3.63, 3.8) is 0 Å². The van der Waals surface area contributed by atoms with E-state index in [1.54, 1.807) is 23.9 Å². The standard InChI is InChI=1S/C14H10ClNS/c15-14-8-11(9-16)6-7-12(14)10-17-13-4-2-1-3-5-13/h1-8H,10H2. The van der Waals surface area contributed by atoms with E-state index in [1.165, 1.54) is 4.90 Å². The summed E-state index contributed by atoms with van der Waals surface area (Å²) >= 11 is 7.84. The molecule has 0 unspecified atom stereocenters. The molecule has 3 heteroatoms. The van der Waals surface area contributed by atoms with E-state index in [1.807, 2.05) is 24.3 Å². The lowest BCUT2D eigenvalue weighted by atomic mass is 10.2. The predicted molar refractivity (Wildman–Crippen MR) is 72.2 cm³/mol. The highest BCUT2D eigenvalue weighted by Crippen LogP contribution is 2.27. The van der Waals surface area contributed by atoms with Gasteiger partial charge in [0.1, 0.15) is 0 Å². The van der Waals surface area contributed by atoms with Crippen LogP contribution in [0.15, 0.2) is 53.4 Å². The Morgan fingerprint density at radius 1 is 1.12 bits per heavy atom. The molecule has 0 aliphatic heterocycles. The topological polar surface area (TPSA) is 23.8 Å². The highest BCUT2D eigenvalue weighted by molar-refractivity contribution is 7.98. The Morgan fingerprint density at radius 2 is 1.88 bits per heavy atom. The molecule has 0 aliphatic carbocycles. The highest BCUT2D eigenvalue weighted by Gasteiger charge is 2.02. The maximum Gasteiger partial charge on any atom is 0.0992 e. The van der Waals surface area contributed by atoms with Gasteiger partial charge in [-0.3, -0.25) is 0 Å². The van der Waals surface area contributed by atoms with E-state index in [-0.39, 0.29) is 0 Å². The zero-order valence-electron chi connectivity index (χ0n) is 9.06. The summed E-state index contributed by atoms with van der Waals surface area (Å²) in [4.78, 5) is 1.22. The van der Waals surface area contributed by atoms with Crippen molar-refractivity contribution in [1.29, 1.82) is 5.26 Å². The van der Waals surface area contributed by atoms with Gasteiger partial charge < -0.3 is 0 Å². The summed E-state index contributed by atoms with van der Waals surface area (Å²) in [6.07, 6.45) is 0. The molecule has 2 aromatic carbocycles. The molecule has 0 saturated heterocycles. The number of thioether (sulfide) groups is 1. The fraction of sp³-hybridized carbons (Fsp3) is 0.0714. The molecule has 17 heavy (non-hydrogen) atoms. The van der Waals surface area contributed by atoms with E-state index in [2.05, 4.69) is 18.2 Å². The Balaban J connectivity index is 2.08. The predicted octanol–water partition coefficient (Wildman–Crippen LogP) is 4.50. The van der Waals surface area contributed by atoms with Crippen molar-refractivity contribution in [3.8, 4) is 6.07 Å². The fourth-order valence-electron chi connectivity index (χ4n) is 1.41. The second-order valence-electron chi connectivity index (χ2n) is 3.52. The molecule has 0 fully saturated rings. The maximum atomic E-state index is 8.75. The first-order valence-corrected chi connectivity index (χ1v) is 6.52. The van der Waals surface area contributed by atoms with Gasteiger partial charge in [0.05, 0.1) is 11.6 Å². The van der Waals surface area contributed by atoms with E-state index < -0.39 is 0 Å². The molecule has 0 atom stereocenters. The molecular weight excluding hydrogens is 250 g/mol. The van der Waals surface area contributed by atoms with Gasteiger partial charge in [0.25, 0.3) is 0 Å². The summed E-state index contributed by atoms with van der Waals surface area (Å²) in [5.41, 5.74) is 1.66. The van der Waals surface area contributed by atoms with Gasteiger partial charge in [0.15, 0.2) is 0 Å². The third-order valence-corrected chi connectivity index (χ3v) is 3.73. The van der Waals surface area contributed by atoms with Gasteiger partial charge in [-0.1, -0.05) is 35.9 Å². The summed E-state index contributed by atoms with van der Waals surface area (Å²) in [7, 11) is 0. The van der Waals surface area contributed by atoms with Crippen LogP contribution < -0.4 is 0 Å². The number of rotatable bonds is 3. The Kier molecular flexibility index (Phi) is 4.08. The van der Waals surface area contributed by atoms with Crippen LogP contribution in [0, 0.1) is 11.3 Å². The maximum absolute atomic E-state index is 8.75. The minimum absolute atomic E-state index is 0.600. The van der Waals surface area contributed by atoms with Crippen LogP contribution in [0.3, 0.4) is 0 Å². The van der Waals surface area contributed by atoms with Crippen molar-refractivity contribution < 1.29 is 0 Å². The summed E-state index contributed by atoms with van der Waals surface area (Å²) in [6.45, 7) is 0. The monoisotopic (exact) mass is 259 g/mol. The Hall–Kier alpha value is -1.43. The van der Waals surface area contributed by atoms with Crippen LogP contribution in [0.5, 0.6) is 0 Å². The zero-order valence-corrected chi connectivity index (χ0v) is 10.6. The van der Waals surface area contributed by atoms with Crippen LogP contribution in [0.2, 0.25) is 5.02 Å². The molecule has 84 valence electrons. The number of nitriles is 1. The average molecular weight is 260 g/mol. The molecule has 2 rings (SSSR count). The molecule has 0 radical (unpaired) electrons. The van der Waals surface area contributed by atoms with E-state index in [9.17, 15) is 0 Å². The van der Waals surface area contributed by atoms with E-state index in [0.29, 0.717) is 10.6 Å². The number of hydrogen-bond donors (Lipinski definition) is 0. The van der Waals surface area contributed by atoms with Crippen molar-refractivity contribution in [2.75, 3.05) is 0 Å². The lowest BCUT2D eigenvalue weighted by Crippen LogP contribution is -1.84. The second kappa shape index (κ2) is 5.77. The summed E-state index contributed by atoms with van der Waals surface area (Å²) < 4.78 is 0. The number of benzene rings is 2. The van der Waals surface area contributed by atoms with Crippen LogP contribution in [-0.4, -0.2) is 0 Å². The molecule has 0 amide bonds. The SMILES string of the molecule is N#Cc1ccc(CSc2ccccc2)c(Cl)c1. The van der Waals surface area contributed by atoms with Crippen LogP contribution >= 0.6 is 23.4 Å². The largest absolute Gasteiger partial charge is 0.192 e. The molecule has 0 aromatic heterocycles. The minimum atomic E-state index is 0.600. The second-order valence-corrected chi connectivity index (χ2v) is 4.98. The lowest BCUT2D eigenvalue weighted by molar-refractivity contribution is 1.37. The molecule has 0 heterocycles. The van der Waals surface area contributed by atoms with Gasteiger partial charge in [-0.25, -0.2) is 0 Å². The molecule has 0 spiro atoms. The van der Waals surface area contributed by atoms with Gasteiger partial charge in [-0.2, -0.15) is 5.26 Å². The van der Waals surface area contributed by atoms with Crippen LogP contribution in [0.4, 0.5) is 0 Å². The van der Waals surface area contributed by atoms with E-state index >= 15 is 0 Å². The molecule has 1 nitrogen and oxygen atoms in total. The van der Waals surface area contributed by atoms with E-state index in [0.717, 1.165) is 11.3 Å². The third-order valence-electron chi connectivity index (χ3n) is 2.32. The number of hydrogen-bond acceptors (Lipinski definition) is 2. The molecule has 0 aliphatic rings. The van der Waals surface area contributed by atoms with Crippen LogP contribution in [0.1, 0.15) is 11.1 Å². The Bertz CT molecular complexity index is 546. The first-order chi connectivity index (χ1) is 8.29. The Labute approximate surface area is 110 Å². The smallest absolute Gasteiger partial charge is 0.0992 e. The third kappa shape index (κ3) is 3.26. The zero-order chi connectivity index (χ0) is 12.1. The molecule has 2 aromatic rings. The molecule has 0 bridgehead atoms. The quantitative estimate of drug-likeness (QED) is 0.758. The summed E-state index contributed by atoms with van der Waals surface area (Å²) in [6, 6.07) is 17.7. The van der Waals surface area contributed by atoms with Crippen molar-refractivity contribution in [2.24, 2.45) is 0 Å². The van der Waals surface area contributed by atoms with Crippen molar-refractivity contribution in [1.82, 2.24) is 0 Å². The average Bonchev–Trinajstić information content (AvgIpc) is 2.38. The van der Waals surface area contributed by atoms with Crippen molar-refractivity contribution >= 4 is 23.4 Å². The van der Waals surface area contributed by atoms with Crippen LogP contribution in [0.25, 0.3) is 0 Å².